The minimum absolute atomic E-state index is 0.0470. The van der Waals surface area contributed by atoms with Crippen LogP contribution in [0.1, 0.15) is 15.4 Å². The average molecular weight is 318 g/mol. The van der Waals surface area contributed by atoms with Crippen LogP contribution < -0.4 is 0 Å². The molecular weight excluding hydrogens is 300 g/mol. The molecule has 2 heterocycles. The minimum Gasteiger partial charge on any atom is -0.347 e. The molecule has 6 nitrogen and oxygen atoms in total. The van der Waals surface area contributed by atoms with Gasteiger partial charge in [0, 0.05) is 39.1 Å². The van der Waals surface area contributed by atoms with Crippen molar-refractivity contribution in [1.82, 2.24) is 19.8 Å². The van der Waals surface area contributed by atoms with Crippen molar-refractivity contribution in [1.29, 1.82) is 0 Å². The molecule has 0 aliphatic heterocycles. The summed E-state index contributed by atoms with van der Waals surface area (Å²) >= 11 is 1.32. The molecule has 0 saturated carbocycles. The van der Waals surface area contributed by atoms with Gasteiger partial charge in [0.15, 0.2) is 0 Å². The van der Waals surface area contributed by atoms with Gasteiger partial charge in [0.1, 0.15) is 9.88 Å². The topological polar surface area (TPSA) is 66.4 Å². The van der Waals surface area contributed by atoms with Gasteiger partial charge < -0.3 is 9.80 Å². The standard InChI is InChI=1S/C15H18N4O2S/c1-10-13(15(21)19(4)9-12(20)18(2)3)22-14(17-10)11-6-5-7-16-8-11/h5-8H,9H2,1-4H3. The van der Waals surface area contributed by atoms with Gasteiger partial charge in [-0.25, -0.2) is 4.98 Å². The number of carbonyl (C=O) groups excluding carboxylic acids is 2. The van der Waals surface area contributed by atoms with Crippen molar-refractivity contribution in [2.45, 2.75) is 6.92 Å². The molecule has 0 bridgehead atoms. The fourth-order valence-electron chi connectivity index (χ4n) is 1.80. The number of amides is 2. The summed E-state index contributed by atoms with van der Waals surface area (Å²) in [5, 5.41) is 0.751. The third-order valence-corrected chi connectivity index (χ3v) is 4.31. The molecule has 0 N–H and O–H groups in total. The maximum absolute atomic E-state index is 12.5. The number of aryl methyl sites for hydroxylation is 1. The zero-order valence-electron chi connectivity index (χ0n) is 13.0. The third-order valence-electron chi connectivity index (χ3n) is 3.12. The van der Waals surface area contributed by atoms with Crippen LogP contribution in [0.4, 0.5) is 0 Å². The first-order chi connectivity index (χ1) is 10.4. The predicted molar refractivity (Wildman–Crippen MR) is 85.7 cm³/mol. The summed E-state index contributed by atoms with van der Waals surface area (Å²) in [6.07, 6.45) is 3.41. The molecular formula is C15H18N4O2S. The van der Waals surface area contributed by atoms with E-state index in [1.165, 1.54) is 21.1 Å². The summed E-state index contributed by atoms with van der Waals surface area (Å²) in [6.45, 7) is 1.84. The van der Waals surface area contributed by atoms with Crippen LogP contribution in [0, 0.1) is 6.92 Å². The number of nitrogens with zero attached hydrogens (tertiary/aromatic N) is 4. The Morgan fingerprint density at radius 1 is 1.27 bits per heavy atom. The molecule has 116 valence electrons. The van der Waals surface area contributed by atoms with Crippen molar-refractivity contribution in [3.8, 4) is 10.6 Å². The molecule has 0 aliphatic carbocycles. The van der Waals surface area contributed by atoms with Crippen LogP contribution in [0.2, 0.25) is 0 Å². The molecule has 0 aromatic carbocycles. The van der Waals surface area contributed by atoms with Crippen molar-refractivity contribution >= 4 is 23.2 Å². The average Bonchev–Trinajstić information content (AvgIpc) is 2.89. The molecule has 7 heteroatoms. The maximum atomic E-state index is 12.5. The molecule has 0 fully saturated rings. The van der Waals surface area contributed by atoms with E-state index in [4.69, 9.17) is 0 Å². The summed E-state index contributed by atoms with van der Waals surface area (Å²) in [4.78, 5) is 36.1. The van der Waals surface area contributed by atoms with E-state index in [9.17, 15) is 9.59 Å². The molecule has 0 aliphatic rings. The van der Waals surface area contributed by atoms with Gasteiger partial charge in [-0.3, -0.25) is 14.6 Å². The smallest absolute Gasteiger partial charge is 0.266 e. The Hall–Kier alpha value is -2.28. The van der Waals surface area contributed by atoms with Crippen molar-refractivity contribution in [2.24, 2.45) is 0 Å². The van der Waals surface area contributed by atoms with Gasteiger partial charge in [-0.05, 0) is 19.1 Å². The predicted octanol–water partition coefficient (Wildman–Crippen LogP) is 1.67. The van der Waals surface area contributed by atoms with Gasteiger partial charge in [-0.2, -0.15) is 0 Å². The Morgan fingerprint density at radius 3 is 2.59 bits per heavy atom. The van der Waals surface area contributed by atoms with Gasteiger partial charge in [-0.1, -0.05) is 0 Å². The Kier molecular flexibility index (Phi) is 4.87. The SMILES string of the molecule is Cc1nc(-c2cccnc2)sc1C(=O)N(C)CC(=O)N(C)C. The van der Waals surface area contributed by atoms with E-state index in [1.54, 1.807) is 40.5 Å². The maximum Gasteiger partial charge on any atom is 0.266 e. The number of rotatable bonds is 4. The normalized spacial score (nSPS) is 10.4. The lowest BCUT2D eigenvalue weighted by molar-refractivity contribution is -0.129. The van der Waals surface area contributed by atoms with E-state index in [0.717, 1.165) is 10.6 Å². The lowest BCUT2D eigenvalue weighted by Gasteiger charge is -2.18. The van der Waals surface area contributed by atoms with Crippen LogP contribution in [-0.4, -0.2) is 59.3 Å². The van der Waals surface area contributed by atoms with Crippen LogP contribution in [0.3, 0.4) is 0 Å². The highest BCUT2D eigenvalue weighted by Crippen LogP contribution is 2.28. The summed E-state index contributed by atoms with van der Waals surface area (Å²) in [6, 6.07) is 3.73. The highest BCUT2D eigenvalue weighted by molar-refractivity contribution is 7.17. The first-order valence-corrected chi connectivity index (χ1v) is 7.55. The van der Waals surface area contributed by atoms with E-state index < -0.39 is 0 Å². The first kappa shape index (κ1) is 16.1. The second kappa shape index (κ2) is 6.65. The Labute approximate surface area is 133 Å². The molecule has 2 aromatic rings. The van der Waals surface area contributed by atoms with Gasteiger partial charge in [0.25, 0.3) is 5.91 Å². The molecule has 2 rings (SSSR count). The Balaban J connectivity index is 2.20. The van der Waals surface area contributed by atoms with Crippen LogP contribution >= 0.6 is 11.3 Å². The quantitative estimate of drug-likeness (QED) is 0.860. The third kappa shape index (κ3) is 3.48. The van der Waals surface area contributed by atoms with Gasteiger partial charge in [0.2, 0.25) is 5.91 Å². The van der Waals surface area contributed by atoms with Crippen molar-refractivity contribution < 1.29 is 9.59 Å². The van der Waals surface area contributed by atoms with Gasteiger partial charge in [0.05, 0.1) is 12.2 Å². The Morgan fingerprint density at radius 2 is 2.00 bits per heavy atom. The summed E-state index contributed by atoms with van der Waals surface area (Å²) in [5.41, 5.74) is 1.54. The zero-order chi connectivity index (χ0) is 16.3. The van der Waals surface area contributed by atoms with E-state index in [0.29, 0.717) is 10.6 Å². The van der Waals surface area contributed by atoms with Crippen LogP contribution in [0.15, 0.2) is 24.5 Å². The van der Waals surface area contributed by atoms with Crippen LogP contribution in [0.25, 0.3) is 10.6 Å². The zero-order valence-corrected chi connectivity index (χ0v) is 13.8. The van der Waals surface area contributed by atoms with Gasteiger partial charge >= 0.3 is 0 Å². The second-order valence-electron chi connectivity index (χ2n) is 5.12. The fourth-order valence-corrected chi connectivity index (χ4v) is 2.85. The van der Waals surface area contributed by atoms with Crippen LogP contribution in [0.5, 0.6) is 0 Å². The van der Waals surface area contributed by atoms with Crippen molar-refractivity contribution in [3.63, 3.8) is 0 Å². The number of hydrogen-bond acceptors (Lipinski definition) is 5. The highest BCUT2D eigenvalue weighted by Gasteiger charge is 2.21. The molecule has 0 radical (unpaired) electrons. The summed E-state index contributed by atoms with van der Waals surface area (Å²) in [5.74, 6) is -0.314. The molecule has 22 heavy (non-hydrogen) atoms. The molecule has 0 saturated heterocycles. The fraction of sp³-hybridized carbons (Fsp3) is 0.333. The minimum atomic E-state index is -0.194. The molecule has 0 spiro atoms. The molecule has 2 aromatic heterocycles. The number of likely N-dealkylation sites (N-methyl/N-ethyl adjacent to an activating group) is 2. The summed E-state index contributed by atoms with van der Waals surface area (Å²) < 4.78 is 0. The number of aromatic nitrogens is 2. The van der Waals surface area contributed by atoms with Gasteiger partial charge in [-0.15, -0.1) is 11.3 Å². The van der Waals surface area contributed by atoms with E-state index in [1.807, 2.05) is 12.1 Å². The van der Waals surface area contributed by atoms with Crippen LogP contribution in [-0.2, 0) is 4.79 Å². The second-order valence-corrected chi connectivity index (χ2v) is 6.12. The first-order valence-electron chi connectivity index (χ1n) is 6.73. The Bertz CT molecular complexity index is 682. The molecule has 0 atom stereocenters. The monoisotopic (exact) mass is 318 g/mol. The van der Waals surface area contributed by atoms with E-state index in [-0.39, 0.29) is 18.4 Å². The van der Waals surface area contributed by atoms with Crippen molar-refractivity contribution in [3.05, 3.63) is 35.1 Å². The molecule has 2 amide bonds. The lowest BCUT2D eigenvalue weighted by Crippen LogP contribution is -2.37. The summed E-state index contributed by atoms with van der Waals surface area (Å²) in [7, 11) is 4.95. The van der Waals surface area contributed by atoms with E-state index >= 15 is 0 Å². The number of carbonyl (C=O) groups is 2. The van der Waals surface area contributed by atoms with Crippen molar-refractivity contribution in [2.75, 3.05) is 27.7 Å². The number of hydrogen-bond donors (Lipinski definition) is 0. The largest absolute Gasteiger partial charge is 0.347 e. The lowest BCUT2D eigenvalue weighted by atomic mass is 10.3. The van der Waals surface area contributed by atoms with E-state index in [2.05, 4.69) is 9.97 Å². The number of thiazole rings is 1. The molecule has 0 unspecified atom stereocenters. The number of pyridine rings is 1. The highest BCUT2D eigenvalue weighted by atomic mass is 32.1.